The van der Waals surface area contributed by atoms with Crippen LogP contribution in [-0.2, 0) is 0 Å². The summed E-state index contributed by atoms with van der Waals surface area (Å²) in [6, 6.07) is 14.6. The summed E-state index contributed by atoms with van der Waals surface area (Å²) in [5.41, 5.74) is 1.27. The number of nitrogens with one attached hydrogen (secondary N) is 2. The van der Waals surface area contributed by atoms with Gasteiger partial charge in [-0.25, -0.2) is 0 Å². The Kier molecular flexibility index (Phi) is 3.09. The maximum Gasteiger partial charge on any atom is 0.251 e. The molecule has 2 aliphatic heterocycles. The molecule has 3 unspecified atom stereocenters. The molecule has 2 N–H and O–H groups in total. The zero-order chi connectivity index (χ0) is 15.1. The van der Waals surface area contributed by atoms with Gasteiger partial charge in [-0.05, 0) is 54.3 Å². The highest BCUT2D eigenvalue weighted by Crippen LogP contribution is 2.28. The average molecular weight is 291 g/mol. The lowest BCUT2D eigenvalue weighted by Gasteiger charge is -2.21. The highest BCUT2D eigenvalue weighted by atomic mass is 16.1. The van der Waals surface area contributed by atoms with E-state index in [-0.39, 0.29) is 11.9 Å². The Hall–Kier alpha value is -2.38. The molecule has 2 saturated heterocycles. The smallest absolute Gasteiger partial charge is 0.251 e. The van der Waals surface area contributed by atoms with Gasteiger partial charge in [0.05, 0.1) is 11.6 Å². The average Bonchev–Trinajstić information content (AvgIpc) is 3.16. The number of carbonyl (C=O) groups is 1. The van der Waals surface area contributed by atoms with Crippen LogP contribution in [0.1, 0.15) is 35.2 Å². The van der Waals surface area contributed by atoms with Crippen molar-refractivity contribution in [3.05, 3.63) is 47.5 Å². The second-order valence-electron chi connectivity index (χ2n) is 6.25. The minimum atomic E-state index is -0.0244. The summed E-state index contributed by atoms with van der Waals surface area (Å²) in [4.78, 5) is 12.5. The lowest BCUT2D eigenvalue weighted by atomic mass is 9.95. The summed E-state index contributed by atoms with van der Waals surface area (Å²) in [6.07, 6.45) is 3.41. The van der Waals surface area contributed by atoms with Gasteiger partial charge in [-0.15, -0.1) is 0 Å². The number of rotatable bonds is 2. The molecule has 0 saturated carbocycles. The SMILES string of the molecule is N#Cc1ccc2ccc(C(=O)NC3CC4CCC3N4)cc2c1. The number of carbonyl (C=O) groups excluding carboxylic acids is 1. The number of hydrogen-bond acceptors (Lipinski definition) is 3. The molecule has 4 heteroatoms. The van der Waals surface area contributed by atoms with Crippen LogP contribution in [0.4, 0.5) is 0 Å². The van der Waals surface area contributed by atoms with E-state index in [2.05, 4.69) is 16.7 Å². The van der Waals surface area contributed by atoms with Crippen LogP contribution in [0, 0.1) is 11.3 Å². The van der Waals surface area contributed by atoms with Crippen molar-refractivity contribution >= 4 is 16.7 Å². The van der Waals surface area contributed by atoms with E-state index in [1.165, 1.54) is 6.42 Å². The molecule has 2 aliphatic rings. The number of nitriles is 1. The van der Waals surface area contributed by atoms with E-state index >= 15 is 0 Å². The van der Waals surface area contributed by atoms with Crippen molar-refractivity contribution in [2.45, 2.75) is 37.4 Å². The van der Waals surface area contributed by atoms with Crippen LogP contribution in [0.2, 0.25) is 0 Å². The third kappa shape index (κ3) is 2.24. The van der Waals surface area contributed by atoms with Crippen LogP contribution in [0.5, 0.6) is 0 Å². The number of nitrogens with zero attached hydrogens (tertiary/aromatic N) is 1. The maximum atomic E-state index is 12.5. The predicted octanol–water partition coefficient (Wildman–Crippen LogP) is 2.33. The van der Waals surface area contributed by atoms with Gasteiger partial charge in [0.25, 0.3) is 5.91 Å². The zero-order valence-corrected chi connectivity index (χ0v) is 12.2. The molecule has 0 spiro atoms. The van der Waals surface area contributed by atoms with Gasteiger partial charge >= 0.3 is 0 Å². The first kappa shape index (κ1) is 13.3. The maximum absolute atomic E-state index is 12.5. The molecule has 22 heavy (non-hydrogen) atoms. The molecular weight excluding hydrogens is 274 g/mol. The summed E-state index contributed by atoms with van der Waals surface area (Å²) >= 11 is 0. The molecule has 4 nitrogen and oxygen atoms in total. The van der Waals surface area contributed by atoms with Crippen molar-refractivity contribution in [3.63, 3.8) is 0 Å². The van der Waals surface area contributed by atoms with Crippen molar-refractivity contribution in [3.8, 4) is 6.07 Å². The monoisotopic (exact) mass is 291 g/mol. The lowest BCUT2D eigenvalue weighted by Crippen LogP contribution is -2.42. The molecule has 2 aromatic carbocycles. The minimum Gasteiger partial charge on any atom is -0.348 e. The Labute approximate surface area is 129 Å². The fourth-order valence-corrected chi connectivity index (χ4v) is 3.69. The molecule has 110 valence electrons. The molecule has 0 radical (unpaired) electrons. The van der Waals surface area contributed by atoms with Gasteiger partial charge < -0.3 is 10.6 Å². The molecule has 2 aromatic rings. The summed E-state index contributed by atoms with van der Waals surface area (Å²) in [7, 11) is 0. The van der Waals surface area contributed by atoms with Gasteiger partial charge in [0, 0.05) is 23.7 Å². The van der Waals surface area contributed by atoms with E-state index in [1.54, 1.807) is 6.07 Å². The highest BCUT2D eigenvalue weighted by molar-refractivity contribution is 5.99. The first-order valence-corrected chi connectivity index (χ1v) is 7.74. The van der Waals surface area contributed by atoms with E-state index in [9.17, 15) is 4.79 Å². The molecule has 3 atom stereocenters. The fourth-order valence-electron chi connectivity index (χ4n) is 3.69. The molecule has 2 fully saturated rings. The second-order valence-corrected chi connectivity index (χ2v) is 6.25. The summed E-state index contributed by atoms with van der Waals surface area (Å²) in [5.74, 6) is -0.0244. The molecule has 0 aliphatic carbocycles. The molecule has 1 amide bonds. The Morgan fingerprint density at radius 3 is 2.77 bits per heavy atom. The van der Waals surface area contributed by atoms with E-state index in [0.29, 0.717) is 23.2 Å². The first-order valence-electron chi connectivity index (χ1n) is 7.74. The number of benzene rings is 2. The van der Waals surface area contributed by atoms with Gasteiger partial charge in [0.2, 0.25) is 0 Å². The standard InChI is InChI=1S/C18H17N3O/c19-10-11-1-2-12-3-4-13(8-14(12)7-11)18(22)21-17-9-15-5-6-16(17)20-15/h1-4,7-8,15-17,20H,5-6,9H2,(H,21,22). The highest BCUT2D eigenvalue weighted by Gasteiger charge is 2.39. The fraction of sp³-hybridized carbons (Fsp3) is 0.333. The Morgan fingerprint density at radius 1 is 1.18 bits per heavy atom. The number of hydrogen-bond donors (Lipinski definition) is 2. The van der Waals surface area contributed by atoms with Gasteiger partial charge in [-0.1, -0.05) is 12.1 Å². The Bertz CT molecular complexity index is 793. The van der Waals surface area contributed by atoms with Crippen molar-refractivity contribution in [2.75, 3.05) is 0 Å². The van der Waals surface area contributed by atoms with E-state index < -0.39 is 0 Å². The van der Waals surface area contributed by atoms with Gasteiger partial charge in [-0.3, -0.25) is 4.79 Å². The largest absolute Gasteiger partial charge is 0.348 e. The van der Waals surface area contributed by atoms with Crippen LogP contribution >= 0.6 is 0 Å². The first-order chi connectivity index (χ1) is 10.7. The van der Waals surface area contributed by atoms with Crippen molar-refractivity contribution in [2.24, 2.45) is 0 Å². The molecule has 2 heterocycles. The molecular formula is C18H17N3O. The van der Waals surface area contributed by atoms with Crippen LogP contribution in [0.15, 0.2) is 36.4 Å². The quantitative estimate of drug-likeness (QED) is 0.892. The summed E-state index contributed by atoms with van der Waals surface area (Å²) in [6.45, 7) is 0. The summed E-state index contributed by atoms with van der Waals surface area (Å²) < 4.78 is 0. The van der Waals surface area contributed by atoms with Crippen molar-refractivity contribution < 1.29 is 4.79 Å². The van der Waals surface area contributed by atoms with Crippen LogP contribution < -0.4 is 10.6 Å². The topological polar surface area (TPSA) is 64.9 Å². The Balaban J connectivity index is 1.57. The third-order valence-corrected chi connectivity index (χ3v) is 4.85. The van der Waals surface area contributed by atoms with Crippen LogP contribution in [-0.4, -0.2) is 24.0 Å². The minimum absolute atomic E-state index is 0.0244. The van der Waals surface area contributed by atoms with Crippen LogP contribution in [0.25, 0.3) is 10.8 Å². The van der Waals surface area contributed by atoms with Crippen molar-refractivity contribution in [1.29, 1.82) is 5.26 Å². The second kappa shape index (κ2) is 5.11. The van der Waals surface area contributed by atoms with E-state index in [4.69, 9.17) is 5.26 Å². The van der Waals surface area contributed by atoms with E-state index in [1.807, 2.05) is 30.3 Å². The van der Waals surface area contributed by atoms with Crippen molar-refractivity contribution in [1.82, 2.24) is 10.6 Å². The number of amides is 1. The predicted molar refractivity (Wildman–Crippen MR) is 84.5 cm³/mol. The lowest BCUT2D eigenvalue weighted by molar-refractivity contribution is 0.0931. The molecule has 2 bridgehead atoms. The molecule has 4 rings (SSSR count). The zero-order valence-electron chi connectivity index (χ0n) is 12.2. The third-order valence-electron chi connectivity index (χ3n) is 4.85. The number of fused-ring (bicyclic) bond motifs is 3. The van der Waals surface area contributed by atoms with E-state index in [0.717, 1.165) is 23.6 Å². The van der Waals surface area contributed by atoms with Gasteiger partial charge in [0.1, 0.15) is 0 Å². The summed E-state index contributed by atoms with van der Waals surface area (Å²) in [5, 5.41) is 17.6. The van der Waals surface area contributed by atoms with Gasteiger partial charge in [-0.2, -0.15) is 5.26 Å². The molecule has 0 aromatic heterocycles. The normalized spacial score (nSPS) is 26.0. The van der Waals surface area contributed by atoms with Crippen LogP contribution in [0.3, 0.4) is 0 Å². The Morgan fingerprint density at radius 2 is 2.05 bits per heavy atom. The van der Waals surface area contributed by atoms with Gasteiger partial charge in [0.15, 0.2) is 0 Å².